The van der Waals surface area contributed by atoms with Crippen molar-refractivity contribution >= 4 is 18.0 Å². The molecule has 0 spiro atoms. The van der Waals surface area contributed by atoms with Crippen molar-refractivity contribution in [2.45, 2.75) is 84.5 Å². The summed E-state index contributed by atoms with van der Waals surface area (Å²) >= 11 is 0. The third kappa shape index (κ3) is 6.32. The molecule has 0 bridgehead atoms. The summed E-state index contributed by atoms with van der Waals surface area (Å²) in [4.78, 5) is 47.0. The molecule has 1 unspecified atom stereocenters. The Kier molecular flexibility index (Phi) is 8.41. The number of amides is 2. The molecule has 10 heteroatoms. The Hall–Kier alpha value is -4.21. The van der Waals surface area contributed by atoms with Crippen molar-refractivity contribution in [2.24, 2.45) is 5.92 Å². The van der Waals surface area contributed by atoms with E-state index in [0.717, 1.165) is 49.9 Å². The maximum Gasteiger partial charge on any atom is 0.410 e. The molecule has 1 saturated heterocycles. The van der Waals surface area contributed by atoms with E-state index in [-0.39, 0.29) is 30.4 Å². The van der Waals surface area contributed by atoms with Crippen LogP contribution in [0.1, 0.15) is 85.9 Å². The number of hydrogen-bond acceptors (Lipinski definition) is 6. The standard InChI is InChI=1S/C35H41FN4O5/c1-5-44-33(42)31(30-29-7-6-14-39(29)21-37-30)40-20-27-26(32(40)41)18-25(19-28(27)36)24-10-8-22(9-11-24)17-23-12-15-38(16-13-23)34(43)45-35(2,3)4/h8-11,18-19,21,23,31H,5-7,12-17,20H2,1-4H3. The maximum atomic E-state index is 15.6. The highest BCUT2D eigenvalue weighted by Crippen LogP contribution is 2.38. The molecular formula is C35H41FN4O5. The predicted octanol–water partition coefficient (Wildman–Crippen LogP) is 6.09. The molecule has 6 rings (SSSR count). The van der Waals surface area contributed by atoms with Crippen LogP contribution < -0.4 is 0 Å². The van der Waals surface area contributed by atoms with Crippen LogP contribution in [0.5, 0.6) is 0 Å². The van der Waals surface area contributed by atoms with E-state index in [9.17, 15) is 14.4 Å². The Morgan fingerprint density at radius 2 is 1.80 bits per heavy atom. The van der Waals surface area contributed by atoms with Crippen LogP contribution >= 0.6 is 0 Å². The van der Waals surface area contributed by atoms with Crippen LogP contribution in [-0.2, 0) is 40.2 Å². The van der Waals surface area contributed by atoms with Gasteiger partial charge in [0.15, 0.2) is 6.04 Å². The second kappa shape index (κ2) is 12.3. The Labute approximate surface area is 263 Å². The number of carbonyl (C=O) groups is 3. The van der Waals surface area contributed by atoms with Gasteiger partial charge in [-0.1, -0.05) is 24.3 Å². The molecule has 45 heavy (non-hydrogen) atoms. The van der Waals surface area contributed by atoms with Crippen LogP contribution in [0.15, 0.2) is 42.7 Å². The van der Waals surface area contributed by atoms with Gasteiger partial charge in [0.2, 0.25) is 0 Å². The largest absolute Gasteiger partial charge is 0.464 e. The first kappa shape index (κ1) is 30.8. The van der Waals surface area contributed by atoms with Gasteiger partial charge in [0.1, 0.15) is 11.4 Å². The van der Waals surface area contributed by atoms with E-state index in [1.807, 2.05) is 49.6 Å². The third-order valence-electron chi connectivity index (χ3n) is 8.96. The maximum absolute atomic E-state index is 15.6. The number of fused-ring (bicyclic) bond motifs is 2. The molecule has 0 saturated carbocycles. The number of rotatable bonds is 7. The summed E-state index contributed by atoms with van der Waals surface area (Å²) in [6, 6.07) is 10.2. The average Bonchev–Trinajstić information content (AvgIpc) is 3.70. The number of halogens is 1. The monoisotopic (exact) mass is 616 g/mol. The van der Waals surface area contributed by atoms with Gasteiger partial charge in [-0.15, -0.1) is 0 Å². The molecule has 2 amide bonds. The lowest BCUT2D eigenvalue weighted by Crippen LogP contribution is -2.42. The van der Waals surface area contributed by atoms with Crippen LogP contribution in [0, 0.1) is 11.7 Å². The summed E-state index contributed by atoms with van der Waals surface area (Å²) in [6.45, 7) is 9.66. The van der Waals surface area contributed by atoms with E-state index in [4.69, 9.17) is 9.47 Å². The number of likely N-dealkylation sites (tertiary alicyclic amines) is 1. The molecule has 9 nitrogen and oxygen atoms in total. The molecule has 2 aromatic carbocycles. The molecule has 3 aliphatic heterocycles. The smallest absolute Gasteiger partial charge is 0.410 e. The van der Waals surface area contributed by atoms with Crippen LogP contribution in [0.25, 0.3) is 11.1 Å². The first-order valence-corrected chi connectivity index (χ1v) is 15.9. The minimum Gasteiger partial charge on any atom is -0.464 e. The highest BCUT2D eigenvalue weighted by molar-refractivity contribution is 6.02. The highest BCUT2D eigenvalue weighted by atomic mass is 19.1. The first-order chi connectivity index (χ1) is 21.5. The minimum atomic E-state index is -1.03. The fraction of sp³-hybridized carbons (Fsp3) is 0.486. The number of esters is 1. The molecule has 1 atom stereocenters. The number of ether oxygens (including phenoxy) is 2. The van der Waals surface area contributed by atoms with Gasteiger partial charge in [-0.25, -0.2) is 19.0 Å². The predicted molar refractivity (Wildman–Crippen MR) is 166 cm³/mol. The molecule has 0 aliphatic carbocycles. The number of nitrogens with zero attached hydrogens (tertiary/aromatic N) is 4. The van der Waals surface area contributed by atoms with Gasteiger partial charge in [-0.2, -0.15) is 0 Å². The molecule has 3 aliphatic rings. The quantitative estimate of drug-likeness (QED) is 0.299. The van der Waals surface area contributed by atoms with Gasteiger partial charge in [0, 0.05) is 36.5 Å². The third-order valence-corrected chi connectivity index (χ3v) is 8.96. The number of piperidine rings is 1. The van der Waals surface area contributed by atoms with E-state index in [1.165, 1.54) is 16.5 Å². The second-order valence-corrected chi connectivity index (χ2v) is 13.3. The van der Waals surface area contributed by atoms with Crippen molar-refractivity contribution in [3.05, 3.63) is 76.6 Å². The molecule has 0 radical (unpaired) electrons. The van der Waals surface area contributed by atoms with Crippen molar-refractivity contribution in [3.8, 4) is 11.1 Å². The fourth-order valence-electron chi connectivity index (χ4n) is 6.71. The van der Waals surface area contributed by atoms with Crippen LogP contribution in [0.4, 0.5) is 9.18 Å². The summed E-state index contributed by atoms with van der Waals surface area (Å²) < 4.78 is 28.5. The van der Waals surface area contributed by atoms with E-state index >= 15 is 4.39 Å². The van der Waals surface area contributed by atoms with E-state index in [0.29, 0.717) is 30.3 Å². The zero-order valence-electron chi connectivity index (χ0n) is 26.5. The van der Waals surface area contributed by atoms with Crippen molar-refractivity contribution in [1.82, 2.24) is 19.4 Å². The Morgan fingerprint density at radius 3 is 2.49 bits per heavy atom. The lowest BCUT2D eigenvalue weighted by atomic mass is 9.89. The molecule has 3 aromatic rings. The van der Waals surface area contributed by atoms with E-state index in [2.05, 4.69) is 4.98 Å². The Bertz CT molecular complexity index is 1600. The van der Waals surface area contributed by atoms with Crippen molar-refractivity contribution in [1.29, 1.82) is 0 Å². The summed E-state index contributed by atoms with van der Waals surface area (Å²) in [5.74, 6) is -0.979. The fourth-order valence-corrected chi connectivity index (χ4v) is 6.71. The molecule has 1 fully saturated rings. The number of aryl methyl sites for hydroxylation is 1. The zero-order valence-corrected chi connectivity index (χ0v) is 26.5. The average molecular weight is 617 g/mol. The Balaban J connectivity index is 1.15. The summed E-state index contributed by atoms with van der Waals surface area (Å²) in [5, 5.41) is 0. The normalized spacial score (nSPS) is 17.3. The van der Waals surface area contributed by atoms with Crippen molar-refractivity contribution in [3.63, 3.8) is 0 Å². The van der Waals surface area contributed by atoms with Crippen molar-refractivity contribution < 1.29 is 28.2 Å². The van der Waals surface area contributed by atoms with Crippen LogP contribution in [-0.4, -0.2) is 62.6 Å². The number of carbonyl (C=O) groups excluding carboxylic acids is 3. The minimum absolute atomic E-state index is 0.0260. The molecule has 4 heterocycles. The summed E-state index contributed by atoms with van der Waals surface area (Å²) in [7, 11) is 0. The van der Waals surface area contributed by atoms with Crippen molar-refractivity contribution in [2.75, 3.05) is 19.7 Å². The number of benzene rings is 2. The lowest BCUT2D eigenvalue weighted by molar-refractivity contribution is -0.149. The summed E-state index contributed by atoms with van der Waals surface area (Å²) in [5.41, 5.74) is 4.05. The lowest BCUT2D eigenvalue weighted by Gasteiger charge is -2.33. The topological polar surface area (TPSA) is 94.0 Å². The second-order valence-electron chi connectivity index (χ2n) is 13.3. The number of imidazole rings is 1. The zero-order chi connectivity index (χ0) is 31.9. The van der Waals surface area contributed by atoms with Gasteiger partial charge < -0.3 is 23.8 Å². The molecule has 238 valence electrons. The Morgan fingerprint density at radius 1 is 1.07 bits per heavy atom. The van der Waals surface area contributed by atoms with Gasteiger partial charge in [0.05, 0.1) is 25.2 Å². The molecule has 0 N–H and O–H groups in total. The molecule has 1 aromatic heterocycles. The highest BCUT2D eigenvalue weighted by Gasteiger charge is 2.42. The van der Waals surface area contributed by atoms with E-state index < -0.39 is 29.3 Å². The van der Waals surface area contributed by atoms with Gasteiger partial charge in [0.25, 0.3) is 5.91 Å². The summed E-state index contributed by atoms with van der Waals surface area (Å²) in [6.07, 6.45) is 5.86. The SMILES string of the molecule is CCOC(=O)C(c1ncn2c1CCC2)N1Cc2c(F)cc(-c3ccc(CC4CCN(C(=O)OC(C)(C)C)CC4)cc3)cc2C1=O. The van der Waals surface area contributed by atoms with Gasteiger partial charge >= 0.3 is 12.1 Å². The van der Waals surface area contributed by atoms with Gasteiger partial charge in [-0.05, 0) is 94.5 Å². The van der Waals surface area contributed by atoms with Crippen LogP contribution in [0.3, 0.4) is 0 Å². The van der Waals surface area contributed by atoms with Crippen LogP contribution in [0.2, 0.25) is 0 Å². The first-order valence-electron chi connectivity index (χ1n) is 15.9. The number of aromatic nitrogens is 2. The van der Waals surface area contributed by atoms with Gasteiger partial charge in [-0.3, -0.25) is 4.79 Å². The van der Waals surface area contributed by atoms with E-state index in [1.54, 1.807) is 24.2 Å². The molecular weight excluding hydrogens is 575 g/mol. The number of hydrogen-bond donors (Lipinski definition) is 0.